The van der Waals surface area contributed by atoms with Crippen molar-refractivity contribution in [2.24, 2.45) is 17.6 Å². The lowest BCUT2D eigenvalue weighted by atomic mass is 9.75. The molecule has 0 aromatic heterocycles. The first-order chi connectivity index (χ1) is 10.2. The highest BCUT2D eigenvalue weighted by Gasteiger charge is 2.45. The molecule has 4 saturated heterocycles. The highest BCUT2D eigenvalue weighted by Crippen LogP contribution is 2.38. The number of fused-ring (bicyclic) bond motifs is 4. The first kappa shape index (κ1) is 14.0. The van der Waals surface area contributed by atoms with E-state index >= 15 is 0 Å². The van der Waals surface area contributed by atoms with Crippen molar-refractivity contribution in [2.45, 2.75) is 56.8 Å². The monoisotopic (exact) mass is 293 g/mol. The van der Waals surface area contributed by atoms with Crippen LogP contribution in [0.5, 0.6) is 0 Å². The lowest BCUT2D eigenvalue weighted by Crippen LogP contribution is -2.97. The van der Waals surface area contributed by atoms with Crippen LogP contribution < -0.4 is 11.1 Å². The molecule has 0 aromatic rings. The molecule has 0 spiro atoms. The molecule has 118 valence electrons. The van der Waals surface area contributed by atoms with Gasteiger partial charge in [-0.3, -0.25) is 9.69 Å². The molecule has 4 aliphatic heterocycles. The lowest BCUT2D eigenvalue weighted by molar-refractivity contribution is -0.719. The molecule has 0 saturated carbocycles. The minimum Gasteiger partial charge on any atom is -0.339 e. The van der Waals surface area contributed by atoms with Gasteiger partial charge in [0.15, 0.2) is 0 Å². The van der Waals surface area contributed by atoms with Gasteiger partial charge in [0.2, 0.25) is 5.91 Å². The van der Waals surface area contributed by atoms with Crippen molar-refractivity contribution in [3.05, 3.63) is 0 Å². The topological polar surface area (TPSA) is 66.2 Å². The Morgan fingerprint density at radius 2 is 2.05 bits per heavy atom. The zero-order valence-electron chi connectivity index (χ0n) is 12.9. The Kier molecular flexibility index (Phi) is 3.67. The molecule has 0 aliphatic carbocycles. The summed E-state index contributed by atoms with van der Waals surface area (Å²) in [6.07, 6.45) is 7.50. The van der Waals surface area contributed by atoms with Crippen LogP contribution in [0.15, 0.2) is 0 Å². The number of carbonyl (C=O) groups is 1. The van der Waals surface area contributed by atoms with Crippen LogP contribution in [-0.4, -0.2) is 60.1 Å². The Hall–Kier alpha value is -0.650. The van der Waals surface area contributed by atoms with Gasteiger partial charge >= 0.3 is 0 Å². The highest BCUT2D eigenvalue weighted by atomic mass is 16.2. The fourth-order valence-corrected chi connectivity index (χ4v) is 5.20. The maximum absolute atomic E-state index is 12.2. The van der Waals surface area contributed by atoms with Crippen molar-refractivity contribution in [3.8, 4) is 0 Å². The number of likely N-dealkylation sites (tertiary alicyclic amines) is 1. The number of piperidine rings is 4. The molecule has 5 atom stereocenters. The van der Waals surface area contributed by atoms with Crippen LogP contribution in [0.1, 0.15) is 38.5 Å². The second-order valence-electron chi connectivity index (χ2n) is 7.70. The zero-order chi connectivity index (χ0) is 14.4. The summed E-state index contributed by atoms with van der Waals surface area (Å²) < 4.78 is 0. The number of carbonyl (C=O) groups excluding carboxylic acids is 1. The molecular formula is C16H29N4O+. The van der Waals surface area contributed by atoms with Crippen molar-refractivity contribution in [1.29, 1.82) is 0 Å². The summed E-state index contributed by atoms with van der Waals surface area (Å²) in [5.74, 6) is 1.83. The highest BCUT2D eigenvalue weighted by molar-refractivity contribution is 5.77. The van der Waals surface area contributed by atoms with Gasteiger partial charge in [-0.25, -0.2) is 0 Å². The molecule has 5 heteroatoms. The predicted molar refractivity (Wildman–Crippen MR) is 80.3 cm³/mol. The van der Waals surface area contributed by atoms with Gasteiger partial charge in [0.25, 0.3) is 0 Å². The van der Waals surface area contributed by atoms with Crippen LogP contribution in [0.3, 0.4) is 0 Å². The van der Waals surface area contributed by atoms with Crippen LogP contribution in [0.4, 0.5) is 0 Å². The predicted octanol–water partition coefficient (Wildman–Crippen LogP) is -0.670. The van der Waals surface area contributed by atoms with E-state index in [9.17, 15) is 4.79 Å². The van der Waals surface area contributed by atoms with Crippen LogP contribution in [0.25, 0.3) is 0 Å². The fraction of sp³-hybridized carbons (Fsp3) is 0.938. The number of nitrogens with zero attached hydrogens (tertiary/aromatic N) is 2. The molecule has 4 rings (SSSR count). The van der Waals surface area contributed by atoms with Crippen LogP contribution in [-0.2, 0) is 4.79 Å². The number of nitrogens with two attached hydrogens (primary N) is 2. The van der Waals surface area contributed by atoms with Gasteiger partial charge in [0.1, 0.15) is 6.17 Å². The molecule has 4 aliphatic rings. The fourth-order valence-electron chi connectivity index (χ4n) is 5.20. The molecule has 0 radical (unpaired) electrons. The number of amides is 1. The van der Waals surface area contributed by atoms with E-state index in [4.69, 9.17) is 5.73 Å². The van der Waals surface area contributed by atoms with Gasteiger partial charge in [-0.05, 0) is 37.5 Å². The van der Waals surface area contributed by atoms with E-state index in [1.54, 1.807) is 0 Å². The normalized spacial score (nSPS) is 44.5. The Labute approximate surface area is 127 Å². The summed E-state index contributed by atoms with van der Waals surface area (Å²) in [5.41, 5.74) is 6.03. The third kappa shape index (κ3) is 2.60. The minimum atomic E-state index is 0.386. The number of hydrogen-bond acceptors (Lipinski definition) is 3. The second-order valence-corrected chi connectivity index (χ2v) is 7.70. The zero-order valence-corrected chi connectivity index (χ0v) is 12.9. The summed E-state index contributed by atoms with van der Waals surface area (Å²) in [5, 5.41) is 2.46. The Balaban J connectivity index is 1.45. The maximum Gasteiger partial charge on any atom is 0.222 e. The number of hydrogen-bond donors (Lipinski definition) is 2. The average molecular weight is 293 g/mol. The quantitative estimate of drug-likeness (QED) is 0.674. The third-order valence-corrected chi connectivity index (χ3v) is 6.22. The van der Waals surface area contributed by atoms with Gasteiger partial charge in [0.05, 0.1) is 12.6 Å². The molecular weight excluding hydrogens is 264 g/mol. The number of quaternary nitrogens is 1. The van der Waals surface area contributed by atoms with Gasteiger partial charge < -0.3 is 16.0 Å². The summed E-state index contributed by atoms with van der Waals surface area (Å²) in [7, 11) is 0. The van der Waals surface area contributed by atoms with E-state index in [0.29, 0.717) is 36.0 Å². The molecule has 2 bridgehead atoms. The van der Waals surface area contributed by atoms with Crippen molar-refractivity contribution < 1.29 is 10.1 Å². The number of rotatable bonds is 1. The molecule has 0 aromatic carbocycles. The molecule has 1 amide bonds. The molecule has 4 fully saturated rings. The molecule has 4 N–H and O–H groups in total. The summed E-state index contributed by atoms with van der Waals surface area (Å²) in [6.45, 7) is 4.47. The molecule has 5 unspecified atom stereocenters. The lowest BCUT2D eigenvalue weighted by Gasteiger charge is -2.53. The maximum atomic E-state index is 12.2. The van der Waals surface area contributed by atoms with Gasteiger partial charge in [-0.15, -0.1) is 0 Å². The Bertz CT molecular complexity index is 407. The SMILES string of the molecule is NC1CCC(N2CC3CC(C2)C2CCCC(=O)N2C3)[NH2+]C1. The largest absolute Gasteiger partial charge is 0.339 e. The average Bonchev–Trinajstić information content (AvgIpc) is 2.49. The first-order valence-electron chi connectivity index (χ1n) is 8.83. The molecule has 4 heterocycles. The Morgan fingerprint density at radius 3 is 2.86 bits per heavy atom. The van der Waals surface area contributed by atoms with Gasteiger partial charge in [0, 0.05) is 38.5 Å². The van der Waals surface area contributed by atoms with E-state index in [0.717, 1.165) is 25.9 Å². The summed E-state index contributed by atoms with van der Waals surface area (Å²) in [4.78, 5) is 17.1. The van der Waals surface area contributed by atoms with E-state index in [1.807, 2.05) is 0 Å². The standard InChI is InChI=1S/C16H28N4O/c17-13-4-5-15(18-7-13)19-8-11-6-12(10-19)14-2-1-3-16(21)20(14)9-11/h11-15,18H,1-10,17H2/p+1. The third-order valence-electron chi connectivity index (χ3n) is 6.22. The van der Waals surface area contributed by atoms with E-state index in [-0.39, 0.29) is 0 Å². The summed E-state index contributed by atoms with van der Waals surface area (Å²) >= 11 is 0. The van der Waals surface area contributed by atoms with E-state index in [1.165, 1.54) is 38.8 Å². The van der Waals surface area contributed by atoms with Gasteiger partial charge in [-0.1, -0.05) is 0 Å². The smallest absolute Gasteiger partial charge is 0.222 e. The van der Waals surface area contributed by atoms with Crippen LogP contribution in [0.2, 0.25) is 0 Å². The van der Waals surface area contributed by atoms with Crippen LogP contribution >= 0.6 is 0 Å². The van der Waals surface area contributed by atoms with E-state index in [2.05, 4.69) is 15.1 Å². The minimum absolute atomic E-state index is 0.386. The summed E-state index contributed by atoms with van der Waals surface area (Å²) in [6, 6.07) is 0.924. The van der Waals surface area contributed by atoms with Crippen LogP contribution in [0, 0.1) is 11.8 Å². The van der Waals surface area contributed by atoms with Crippen molar-refractivity contribution in [3.63, 3.8) is 0 Å². The molecule has 21 heavy (non-hydrogen) atoms. The molecule has 5 nitrogen and oxygen atoms in total. The Morgan fingerprint density at radius 1 is 1.14 bits per heavy atom. The van der Waals surface area contributed by atoms with Crippen molar-refractivity contribution >= 4 is 5.91 Å². The van der Waals surface area contributed by atoms with Crippen molar-refractivity contribution in [2.75, 3.05) is 26.2 Å². The van der Waals surface area contributed by atoms with Crippen molar-refractivity contribution in [1.82, 2.24) is 9.80 Å². The second kappa shape index (κ2) is 5.52. The first-order valence-corrected chi connectivity index (χ1v) is 8.83. The van der Waals surface area contributed by atoms with E-state index < -0.39 is 0 Å². The van der Waals surface area contributed by atoms with Gasteiger partial charge in [-0.2, -0.15) is 0 Å².